The molecule has 0 unspecified atom stereocenters. The number of ether oxygens (including phenoxy) is 1. The number of hydrogen-bond donors (Lipinski definition) is 2. The average molecular weight is 227 g/mol. The lowest BCUT2D eigenvalue weighted by atomic mass is 10.5. The first kappa shape index (κ1) is 12.0. The zero-order valence-electron chi connectivity index (χ0n) is 9.07. The molecule has 0 aliphatic rings. The maximum Gasteiger partial charge on any atom is 0.325 e. The summed E-state index contributed by atoms with van der Waals surface area (Å²) in [6.45, 7) is 3.49. The highest BCUT2D eigenvalue weighted by atomic mass is 16.5. The van der Waals surface area contributed by atoms with Gasteiger partial charge >= 0.3 is 12.0 Å². The van der Waals surface area contributed by atoms with E-state index in [4.69, 9.17) is 4.52 Å². The van der Waals surface area contributed by atoms with Crippen LogP contribution in [0.15, 0.2) is 10.6 Å². The van der Waals surface area contributed by atoms with Gasteiger partial charge in [0.2, 0.25) is 0 Å². The molecule has 0 saturated heterocycles. The first-order valence-electron chi connectivity index (χ1n) is 4.75. The van der Waals surface area contributed by atoms with E-state index in [2.05, 4.69) is 20.5 Å². The maximum atomic E-state index is 11.2. The van der Waals surface area contributed by atoms with E-state index in [0.717, 1.165) is 0 Å². The molecule has 16 heavy (non-hydrogen) atoms. The Hall–Kier alpha value is -2.05. The number of anilines is 1. The highest BCUT2D eigenvalue weighted by molar-refractivity contribution is 5.90. The molecule has 88 valence electrons. The Bertz CT molecular complexity index is 375. The van der Waals surface area contributed by atoms with Gasteiger partial charge in [0.05, 0.1) is 6.61 Å². The number of aromatic nitrogens is 1. The van der Waals surface area contributed by atoms with Crippen LogP contribution in [0.25, 0.3) is 0 Å². The van der Waals surface area contributed by atoms with Crippen LogP contribution in [0.1, 0.15) is 12.7 Å². The highest BCUT2D eigenvalue weighted by Gasteiger charge is 2.07. The number of urea groups is 1. The van der Waals surface area contributed by atoms with Crippen LogP contribution in [-0.4, -0.2) is 30.3 Å². The van der Waals surface area contributed by atoms with E-state index in [1.807, 2.05) is 0 Å². The van der Waals surface area contributed by atoms with Gasteiger partial charge in [0.15, 0.2) is 5.82 Å². The Kier molecular flexibility index (Phi) is 4.31. The summed E-state index contributed by atoms with van der Waals surface area (Å²) in [5.41, 5.74) is 0. The van der Waals surface area contributed by atoms with E-state index in [1.54, 1.807) is 19.9 Å². The van der Waals surface area contributed by atoms with Crippen LogP contribution in [0.4, 0.5) is 10.6 Å². The molecular weight excluding hydrogens is 214 g/mol. The predicted octanol–water partition coefficient (Wildman–Crippen LogP) is 0.668. The number of carbonyl (C=O) groups excluding carboxylic acids is 2. The molecular formula is C9H13N3O4. The molecule has 0 aromatic carbocycles. The Morgan fingerprint density at radius 1 is 1.56 bits per heavy atom. The first-order chi connectivity index (χ1) is 7.61. The zero-order chi connectivity index (χ0) is 12.0. The molecule has 7 nitrogen and oxygen atoms in total. The first-order valence-corrected chi connectivity index (χ1v) is 4.75. The number of nitrogens with one attached hydrogen (secondary N) is 2. The molecule has 0 aliphatic heterocycles. The van der Waals surface area contributed by atoms with E-state index < -0.39 is 12.0 Å². The van der Waals surface area contributed by atoms with Crippen molar-refractivity contribution < 1.29 is 18.8 Å². The second kappa shape index (κ2) is 5.74. The van der Waals surface area contributed by atoms with Gasteiger partial charge in [-0.05, 0) is 13.8 Å². The number of rotatable bonds is 4. The summed E-state index contributed by atoms with van der Waals surface area (Å²) in [7, 11) is 0. The van der Waals surface area contributed by atoms with Crippen molar-refractivity contribution in [1.29, 1.82) is 0 Å². The lowest BCUT2D eigenvalue weighted by molar-refractivity contribution is -0.141. The van der Waals surface area contributed by atoms with Crippen molar-refractivity contribution in [2.24, 2.45) is 0 Å². The van der Waals surface area contributed by atoms with Gasteiger partial charge in [-0.3, -0.25) is 10.1 Å². The fourth-order valence-corrected chi connectivity index (χ4v) is 0.950. The number of hydrogen-bond acceptors (Lipinski definition) is 5. The van der Waals surface area contributed by atoms with Gasteiger partial charge in [-0.25, -0.2) is 4.79 Å². The van der Waals surface area contributed by atoms with Crippen LogP contribution in [0.3, 0.4) is 0 Å². The quantitative estimate of drug-likeness (QED) is 0.737. The maximum absolute atomic E-state index is 11.2. The molecule has 0 bridgehead atoms. The van der Waals surface area contributed by atoms with E-state index in [0.29, 0.717) is 11.6 Å². The van der Waals surface area contributed by atoms with Crippen LogP contribution < -0.4 is 10.6 Å². The van der Waals surface area contributed by atoms with Crippen molar-refractivity contribution in [2.45, 2.75) is 13.8 Å². The fraction of sp³-hybridized carbons (Fsp3) is 0.444. The van der Waals surface area contributed by atoms with Gasteiger partial charge in [-0.1, -0.05) is 5.16 Å². The Balaban J connectivity index is 2.28. The molecule has 2 N–H and O–H groups in total. The van der Waals surface area contributed by atoms with E-state index in [9.17, 15) is 9.59 Å². The van der Waals surface area contributed by atoms with E-state index in [1.165, 1.54) is 0 Å². The second-order valence-corrected chi connectivity index (χ2v) is 2.94. The van der Waals surface area contributed by atoms with Crippen LogP contribution >= 0.6 is 0 Å². The minimum atomic E-state index is -0.540. The number of amides is 2. The minimum Gasteiger partial charge on any atom is -0.465 e. The molecule has 0 fully saturated rings. The largest absolute Gasteiger partial charge is 0.465 e. The molecule has 7 heteroatoms. The smallest absolute Gasteiger partial charge is 0.325 e. The third kappa shape index (κ3) is 3.99. The summed E-state index contributed by atoms with van der Waals surface area (Å²) in [6, 6.07) is 1.02. The SMILES string of the molecule is CCOC(=O)CNC(=O)Nc1cc(C)on1. The molecule has 1 rings (SSSR count). The molecule has 1 aromatic rings. The number of aryl methyl sites for hydroxylation is 1. The summed E-state index contributed by atoms with van der Waals surface area (Å²) >= 11 is 0. The number of nitrogens with zero attached hydrogens (tertiary/aromatic N) is 1. The molecule has 2 amide bonds. The van der Waals surface area contributed by atoms with Crippen molar-refractivity contribution in [1.82, 2.24) is 10.5 Å². The number of carbonyl (C=O) groups is 2. The summed E-state index contributed by atoms with van der Waals surface area (Å²) in [4.78, 5) is 22.1. The highest BCUT2D eigenvalue weighted by Crippen LogP contribution is 2.06. The van der Waals surface area contributed by atoms with Crippen molar-refractivity contribution in [3.05, 3.63) is 11.8 Å². The van der Waals surface area contributed by atoms with Gasteiger partial charge in [-0.15, -0.1) is 0 Å². The van der Waals surface area contributed by atoms with Gasteiger partial charge in [0, 0.05) is 6.07 Å². The summed E-state index contributed by atoms with van der Waals surface area (Å²) in [5.74, 6) is 0.383. The van der Waals surface area contributed by atoms with Crippen LogP contribution in [0, 0.1) is 6.92 Å². The van der Waals surface area contributed by atoms with Crippen LogP contribution in [0.2, 0.25) is 0 Å². The normalized spacial score (nSPS) is 9.62. The molecule has 0 radical (unpaired) electrons. The van der Waals surface area contributed by atoms with Gasteiger partial charge < -0.3 is 14.6 Å². The average Bonchev–Trinajstić information content (AvgIpc) is 2.61. The third-order valence-corrected chi connectivity index (χ3v) is 1.57. The van der Waals surface area contributed by atoms with Crippen LogP contribution in [-0.2, 0) is 9.53 Å². The van der Waals surface area contributed by atoms with Gasteiger partial charge in [-0.2, -0.15) is 0 Å². The Morgan fingerprint density at radius 2 is 2.31 bits per heavy atom. The van der Waals surface area contributed by atoms with Crippen molar-refractivity contribution in [3.63, 3.8) is 0 Å². The fourth-order valence-electron chi connectivity index (χ4n) is 0.950. The standard InChI is InChI=1S/C9H13N3O4/c1-3-15-8(13)5-10-9(14)11-7-4-6(2)16-12-7/h4H,3,5H2,1-2H3,(H2,10,11,12,14). The van der Waals surface area contributed by atoms with Crippen LogP contribution in [0.5, 0.6) is 0 Å². The van der Waals surface area contributed by atoms with Gasteiger partial charge in [0.1, 0.15) is 12.3 Å². The topological polar surface area (TPSA) is 93.5 Å². The van der Waals surface area contributed by atoms with Crippen molar-refractivity contribution in [3.8, 4) is 0 Å². The molecule has 0 saturated carbocycles. The zero-order valence-corrected chi connectivity index (χ0v) is 9.07. The Morgan fingerprint density at radius 3 is 2.88 bits per heavy atom. The monoisotopic (exact) mass is 227 g/mol. The Labute approximate surface area is 92.1 Å². The summed E-state index contributed by atoms with van der Waals surface area (Å²) in [5, 5.41) is 8.27. The third-order valence-electron chi connectivity index (χ3n) is 1.57. The van der Waals surface area contributed by atoms with E-state index >= 15 is 0 Å². The molecule has 0 aliphatic carbocycles. The van der Waals surface area contributed by atoms with E-state index in [-0.39, 0.29) is 13.2 Å². The molecule has 1 heterocycles. The van der Waals surface area contributed by atoms with Crippen molar-refractivity contribution in [2.75, 3.05) is 18.5 Å². The molecule has 0 atom stereocenters. The summed E-state index contributed by atoms with van der Waals surface area (Å²) < 4.78 is 9.38. The minimum absolute atomic E-state index is 0.184. The number of esters is 1. The summed E-state index contributed by atoms with van der Waals surface area (Å²) in [6.07, 6.45) is 0. The van der Waals surface area contributed by atoms with Crippen molar-refractivity contribution >= 4 is 17.8 Å². The molecule has 1 aromatic heterocycles. The van der Waals surface area contributed by atoms with Gasteiger partial charge in [0.25, 0.3) is 0 Å². The lowest BCUT2D eigenvalue weighted by Crippen LogP contribution is -2.34. The second-order valence-electron chi connectivity index (χ2n) is 2.94. The molecule has 0 spiro atoms. The lowest BCUT2D eigenvalue weighted by Gasteiger charge is -2.04. The predicted molar refractivity (Wildman–Crippen MR) is 54.9 cm³/mol.